The van der Waals surface area contributed by atoms with Crippen molar-refractivity contribution in [3.8, 4) is 0 Å². The normalized spacial score (nSPS) is 23.3. The highest BCUT2D eigenvalue weighted by Crippen LogP contribution is 2.37. The minimum Gasteiger partial charge on any atom is -0.461 e. The molecule has 0 N–H and O–H groups in total. The maximum Gasteiger partial charge on any atom is 0.307 e. The van der Waals surface area contributed by atoms with Crippen LogP contribution in [0.3, 0.4) is 0 Å². The molecule has 1 aliphatic heterocycles. The highest BCUT2D eigenvalue weighted by atomic mass is 19.1. The van der Waals surface area contributed by atoms with Gasteiger partial charge in [0.1, 0.15) is 12.4 Å². The van der Waals surface area contributed by atoms with E-state index in [-0.39, 0.29) is 49.0 Å². The van der Waals surface area contributed by atoms with Crippen LogP contribution in [-0.4, -0.2) is 29.2 Å². The summed E-state index contributed by atoms with van der Waals surface area (Å²) in [6, 6.07) is 5.82. The van der Waals surface area contributed by atoms with Crippen molar-refractivity contribution in [1.82, 2.24) is 4.90 Å². The number of halogens is 1. The second-order valence-electron chi connectivity index (χ2n) is 6.37. The maximum absolute atomic E-state index is 13.1. The molecule has 1 heterocycles. The van der Waals surface area contributed by atoms with E-state index >= 15 is 0 Å². The summed E-state index contributed by atoms with van der Waals surface area (Å²) in [5.41, 5.74) is 0.558. The van der Waals surface area contributed by atoms with Gasteiger partial charge in [-0.05, 0) is 30.5 Å². The van der Waals surface area contributed by atoms with E-state index in [1.54, 1.807) is 12.1 Å². The summed E-state index contributed by atoms with van der Waals surface area (Å²) in [5, 5.41) is 0. The van der Waals surface area contributed by atoms with Gasteiger partial charge in [0, 0.05) is 6.54 Å². The number of fused-ring (bicyclic) bond motifs is 1. The molecule has 1 aromatic carbocycles. The summed E-state index contributed by atoms with van der Waals surface area (Å²) in [7, 11) is 0. The predicted octanol–water partition coefficient (Wildman–Crippen LogP) is 2.43. The number of benzene rings is 1. The van der Waals surface area contributed by atoms with Gasteiger partial charge in [-0.1, -0.05) is 25.0 Å². The molecule has 6 heteroatoms. The van der Waals surface area contributed by atoms with E-state index in [2.05, 4.69) is 0 Å². The highest BCUT2D eigenvalue weighted by Gasteiger charge is 2.47. The zero-order valence-electron chi connectivity index (χ0n) is 13.4. The van der Waals surface area contributed by atoms with Gasteiger partial charge in [0.15, 0.2) is 0 Å². The molecule has 2 aliphatic rings. The third-order valence-electron chi connectivity index (χ3n) is 4.76. The number of hydrogen-bond donors (Lipinski definition) is 0. The molecule has 1 saturated heterocycles. The molecule has 2 atom stereocenters. The summed E-state index contributed by atoms with van der Waals surface area (Å²) in [6.45, 7) is 0.0381. The molecular formula is C18H20FNO4. The van der Waals surface area contributed by atoms with Crippen LogP contribution in [0, 0.1) is 17.7 Å². The smallest absolute Gasteiger partial charge is 0.307 e. The van der Waals surface area contributed by atoms with Gasteiger partial charge in [0.25, 0.3) is 0 Å². The molecule has 128 valence electrons. The van der Waals surface area contributed by atoms with E-state index in [0.29, 0.717) is 5.56 Å². The Kier molecular flexibility index (Phi) is 4.92. The van der Waals surface area contributed by atoms with Gasteiger partial charge in [-0.2, -0.15) is 0 Å². The average molecular weight is 333 g/mol. The van der Waals surface area contributed by atoms with Gasteiger partial charge in [-0.25, -0.2) is 4.39 Å². The second-order valence-corrected chi connectivity index (χ2v) is 6.37. The third-order valence-corrected chi connectivity index (χ3v) is 4.76. The summed E-state index contributed by atoms with van der Waals surface area (Å²) in [6.07, 6.45) is 3.44. The lowest BCUT2D eigenvalue weighted by Gasteiger charge is -2.19. The average Bonchev–Trinajstić information content (AvgIpc) is 2.83. The first-order valence-electron chi connectivity index (χ1n) is 8.31. The van der Waals surface area contributed by atoms with Gasteiger partial charge in [-0.15, -0.1) is 0 Å². The van der Waals surface area contributed by atoms with E-state index in [9.17, 15) is 18.8 Å². The Balaban J connectivity index is 1.49. The van der Waals surface area contributed by atoms with Crippen molar-refractivity contribution in [2.24, 2.45) is 11.8 Å². The van der Waals surface area contributed by atoms with Gasteiger partial charge in [0.2, 0.25) is 11.8 Å². The molecule has 0 bridgehead atoms. The Morgan fingerprint density at radius 3 is 2.46 bits per heavy atom. The van der Waals surface area contributed by atoms with Gasteiger partial charge >= 0.3 is 5.97 Å². The zero-order chi connectivity index (χ0) is 17.1. The maximum atomic E-state index is 13.1. The lowest BCUT2D eigenvalue weighted by molar-refractivity contribution is -0.146. The Labute approximate surface area is 139 Å². The minimum absolute atomic E-state index is 0.0241. The Morgan fingerprint density at radius 1 is 1.17 bits per heavy atom. The van der Waals surface area contributed by atoms with Gasteiger partial charge in [0.05, 0.1) is 18.3 Å². The molecule has 2 amide bonds. The van der Waals surface area contributed by atoms with E-state index < -0.39 is 5.97 Å². The molecule has 1 aliphatic carbocycles. The first-order valence-corrected chi connectivity index (χ1v) is 8.31. The predicted molar refractivity (Wildman–Crippen MR) is 83.0 cm³/mol. The zero-order valence-corrected chi connectivity index (χ0v) is 13.4. The second kappa shape index (κ2) is 7.11. The number of hydrogen-bond acceptors (Lipinski definition) is 4. The first-order chi connectivity index (χ1) is 11.6. The lowest BCUT2D eigenvalue weighted by Crippen LogP contribution is -2.33. The fourth-order valence-corrected chi connectivity index (χ4v) is 3.52. The molecule has 5 nitrogen and oxygen atoms in total. The minimum atomic E-state index is -0.505. The van der Waals surface area contributed by atoms with Gasteiger partial charge < -0.3 is 4.74 Å². The van der Waals surface area contributed by atoms with Crippen LogP contribution in [0.4, 0.5) is 4.39 Å². The fourth-order valence-electron chi connectivity index (χ4n) is 3.52. The van der Waals surface area contributed by atoms with Crippen molar-refractivity contribution in [2.45, 2.75) is 38.7 Å². The molecule has 1 aromatic rings. The van der Waals surface area contributed by atoms with Crippen molar-refractivity contribution in [1.29, 1.82) is 0 Å². The molecule has 0 aromatic heterocycles. The quantitative estimate of drug-likeness (QED) is 0.613. The summed E-state index contributed by atoms with van der Waals surface area (Å²) >= 11 is 0. The highest BCUT2D eigenvalue weighted by molar-refractivity contribution is 6.05. The standard InChI is InChI=1S/C18H20FNO4/c19-13-5-3-4-12(10-13)11-24-16(21)8-9-20-17(22)14-6-1-2-7-15(14)18(20)23/h3-5,10,14-15H,1-2,6-9,11H2. The largest absolute Gasteiger partial charge is 0.461 e. The van der Waals surface area contributed by atoms with E-state index in [1.807, 2.05) is 0 Å². The summed E-state index contributed by atoms with van der Waals surface area (Å²) < 4.78 is 18.1. The van der Waals surface area contributed by atoms with Crippen molar-refractivity contribution >= 4 is 17.8 Å². The number of carbonyl (C=O) groups is 3. The lowest BCUT2D eigenvalue weighted by atomic mass is 9.81. The van der Waals surface area contributed by atoms with E-state index in [4.69, 9.17) is 4.74 Å². The van der Waals surface area contributed by atoms with Crippen molar-refractivity contribution in [3.63, 3.8) is 0 Å². The third kappa shape index (κ3) is 3.47. The Morgan fingerprint density at radius 2 is 1.83 bits per heavy atom. The number of esters is 1. The van der Waals surface area contributed by atoms with Crippen LogP contribution in [0.2, 0.25) is 0 Å². The fraction of sp³-hybridized carbons (Fsp3) is 0.500. The van der Waals surface area contributed by atoms with Crippen molar-refractivity contribution in [2.75, 3.05) is 6.54 Å². The molecule has 0 spiro atoms. The van der Waals surface area contributed by atoms with Crippen molar-refractivity contribution < 1.29 is 23.5 Å². The number of ether oxygens (including phenoxy) is 1. The molecule has 2 fully saturated rings. The first kappa shape index (κ1) is 16.6. The molecule has 1 saturated carbocycles. The monoisotopic (exact) mass is 333 g/mol. The van der Waals surface area contributed by atoms with Crippen LogP contribution in [0.1, 0.15) is 37.7 Å². The number of carbonyl (C=O) groups excluding carboxylic acids is 3. The Hall–Kier alpha value is -2.24. The number of rotatable bonds is 5. The summed E-state index contributed by atoms with van der Waals surface area (Å²) in [5.74, 6) is -1.59. The summed E-state index contributed by atoms with van der Waals surface area (Å²) in [4.78, 5) is 37.6. The van der Waals surface area contributed by atoms with Crippen LogP contribution in [0.15, 0.2) is 24.3 Å². The number of likely N-dealkylation sites (tertiary alicyclic amines) is 1. The van der Waals surface area contributed by atoms with E-state index in [0.717, 1.165) is 25.7 Å². The van der Waals surface area contributed by atoms with Crippen molar-refractivity contribution in [3.05, 3.63) is 35.6 Å². The number of nitrogens with zero attached hydrogens (tertiary/aromatic N) is 1. The molecular weight excluding hydrogens is 313 g/mol. The van der Waals surface area contributed by atoms with Crippen LogP contribution in [0.25, 0.3) is 0 Å². The molecule has 0 radical (unpaired) electrons. The Bertz CT molecular complexity index is 636. The molecule has 3 rings (SSSR count). The number of imide groups is 1. The molecule has 2 unspecified atom stereocenters. The van der Waals surface area contributed by atoms with Crippen LogP contribution in [0.5, 0.6) is 0 Å². The number of amides is 2. The SMILES string of the molecule is O=C(CCN1C(=O)C2CCCCC2C1=O)OCc1cccc(F)c1. The van der Waals surface area contributed by atoms with Crippen LogP contribution < -0.4 is 0 Å². The van der Waals surface area contributed by atoms with Gasteiger partial charge in [-0.3, -0.25) is 19.3 Å². The topological polar surface area (TPSA) is 63.7 Å². The van der Waals surface area contributed by atoms with Crippen LogP contribution >= 0.6 is 0 Å². The van der Waals surface area contributed by atoms with Crippen LogP contribution in [-0.2, 0) is 25.7 Å². The van der Waals surface area contributed by atoms with E-state index in [1.165, 1.54) is 17.0 Å². The molecule has 24 heavy (non-hydrogen) atoms.